The Hall–Kier alpha value is -2.96. The molecule has 1 aromatic carbocycles. The predicted octanol–water partition coefficient (Wildman–Crippen LogP) is 2.89. The van der Waals surface area contributed by atoms with Crippen LogP contribution in [-0.2, 0) is 6.42 Å². The number of hydrogen-bond donors (Lipinski definition) is 1. The van der Waals surface area contributed by atoms with Crippen LogP contribution < -0.4 is 10.1 Å². The Morgan fingerprint density at radius 2 is 1.83 bits per heavy atom. The number of guanidine groups is 1. The number of hydrogen-bond acceptors (Lipinski definition) is 4. The molecule has 3 rings (SSSR count). The van der Waals surface area contributed by atoms with Gasteiger partial charge in [-0.2, -0.15) is 0 Å². The molecule has 1 aliphatic rings. The fraction of sp³-hybridized carbons (Fsp3) is 0.478. The van der Waals surface area contributed by atoms with Crippen LogP contribution in [0.5, 0.6) is 5.75 Å². The summed E-state index contributed by atoms with van der Waals surface area (Å²) in [5.74, 6) is 2.65. The van der Waals surface area contributed by atoms with Crippen molar-refractivity contribution in [1.82, 2.24) is 15.1 Å². The standard InChI is InChI=1S/C23H32N4O3/c1-18(2)17-30-20-8-6-19(7-9-20)10-11-25-23(24-3)27-14-12-26(13-15-27)22(28)21-5-4-16-29-21/h4-9,16,18H,10-15,17H2,1-3H3,(H,24,25). The van der Waals surface area contributed by atoms with Crippen LogP contribution >= 0.6 is 0 Å². The van der Waals surface area contributed by atoms with Gasteiger partial charge in [-0.15, -0.1) is 0 Å². The molecule has 0 radical (unpaired) electrons. The van der Waals surface area contributed by atoms with E-state index in [4.69, 9.17) is 9.15 Å². The summed E-state index contributed by atoms with van der Waals surface area (Å²) >= 11 is 0. The van der Waals surface area contributed by atoms with E-state index in [1.807, 2.05) is 17.0 Å². The molecular weight excluding hydrogens is 380 g/mol. The van der Waals surface area contributed by atoms with Gasteiger partial charge in [0.25, 0.3) is 5.91 Å². The molecule has 2 heterocycles. The minimum atomic E-state index is -0.0524. The fourth-order valence-electron chi connectivity index (χ4n) is 3.34. The van der Waals surface area contributed by atoms with Gasteiger partial charge in [0.05, 0.1) is 12.9 Å². The SMILES string of the molecule is CN=C(NCCc1ccc(OCC(C)C)cc1)N1CCN(C(=O)c2ccco2)CC1. The first-order valence-corrected chi connectivity index (χ1v) is 10.6. The first-order chi connectivity index (χ1) is 14.6. The zero-order chi connectivity index (χ0) is 21.3. The molecule has 0 unspecified atom stereocenters. The van der Waals surface area contributed by atoms with E-state index < -0.39 is 0 Å². The number of aliphatic imine (C=N–C) groups is 1. The molecule has 7 heteroatoms. The van der Waals surface area contributed by atoms with Crippen LogP contribution in [0, 0.1) is 5.92 Å². The van der Waals surface area contributed by atoms with Gasteiger partial charge in [-0.25, -0.2) is 0 Å². The Kier molecular flexibility index (Phi) is 7.76. The van der Waals surface area contributed by atoms with Crippen molar-refractivity contribution in [3.63, 3.8) is 0 Å². The number of carbonyl (C=O) groups is 1. The van der Waals surface area contributed by atoms with Crippen LogP contribution in [-0.4, -0.2) is 68.0 Å². The van der Waals surface area contributed by atoms with Gasteiger partial charge in [-0.05, 0) is 42.2 Å². The Morgan fingerprint density at radius 1 is 1.13 bits per heavy atom. The molecule has 2 aromatic rings. The lowest BCUT2D eigenvalue weighted by molar-refractivity contribution is 0.0658. The van der Waals surface area contributed by atoms with E-state index in [0.29, 0.717) is 24.8 Å². The van der Waals surface area contributed by atoms with Crippen LogP contribution in [0.15, 0.2) is 52.1 Å². The lowest BCUT2D eigenvalue weighted by atomic mass is 10.1. The maximum absolute atomic E-state index is 12.4. The van der Waals surface area contributed by atoms with Crippen molar-refractivity contribution in [3.8, 4) is 5.75 Å². The van der Waals surface area contributed by atoms with E-state index in [2.05, 4.69) is 41.2 Å². The lowest BCUT2D eigenvalue weighted by Gasteiger charge is -2.36. The molecule has 1 aliphatic heterocycles. The number of ether oxygens (including phenoxy) is 1. The second kappa shape index (κ2) is 10.7. The van der Waals surface area contributed by atoms with Gasteiger partial charge in [-0.1, -0.05) is 26.0 Å². The van der Waals surface area contributed by atoms with Crippen molar-refractivity contribution in [2.45, 2.75) is 20.3 Å². The highest BCUT2D eigenvalue weighted by Crippen LogP contribution is 2.14. The van der Waals surface area contributed by atoms with Crippen molar-refractivity contribution in [1.29, 1.82) is 0 Å². The van der Waals surface area contributed by atoms with E-state index in [-0.39, 0.29) is 5.91 Å². The number of furan rings is 1. The van der Waals surface area contributed by atoms with Crippen LogP contribution in [0.1, 0.15) is 30.0 Å². The third-order valence-corrected chi connectivity index (χ3v) is 5.01. The number of nitrogens with zero attached hydrogens (tertiary/aromatic N) is 3. The summed E-state index contributed by atoms with van der Waals surface area (Å²) in [6.07, 6.45) is 2.43. The molecule has 1 amide bonds. The fourth-order valence-corrected chi connectivity index (χ4v) is 3.34. The first kappa shape index (κ1) is 21.7. The molecule has 1 saturated heterocycles. The summed E-state index contributed by atoms with van der Waals surface area (Å²) in [6, 6.07) is 11.7. The zero-order valence-corrected chi connectivity index (χ0v) is 18.1. The average Bonchev–Trinajstić information content (AvgIpc) is 3.31. The van der Waals surface area contributed by atoms with Gasteiger partial charge < -0.3 is 24.3 Å². The van der Waals surface area contributed by atoms with E-state index in [1.165, 1.54) is 11.8 Å². The number of rotatable bonds is 7. The zero-order valence-electron chi connectivity index (χ0n) is 18.1. The molecule has 0 saturated carbocycles. The number of benzene rings is 1. The Bertz CT molecular complexity index is 807. The quantitative estimate of drug-likeness (QED) is 0.559. The highest BCUT2D eigenvalue weighted by Gasteiger charge is 2.25. The third kappa shape index (κ3) is 6.02. The maximum Gasteiger partial charge on any atom is 0.289 e. The summed E-state index contributed by atoms with van der Waals surface area (Å²) in [5, 5.41) is 3.44. The molecule has 162 valence electrons. The van der Waals surface area contributed by atoms with Crippen molar-refractivity contribution in [2.75, 3.05) is 46.4 Å². The van der Waals surface area contributed by atoms with Gasteiger partial charge in [0.2, 0.25) is 0 Å². The molecule has 1 N–H and O–H groups in total. The van der Waals surface area contributed by atoms with Gasteiger partial charge >= 0.3 is 0 Å². The topological polar surface area (TPSA) is 70.3 Å². The summed E-state index contributed by atoms with van der Waals surface area (Å²) in [6.45, 7) is 8.60. The molecule has 0 aliphatic carbocycles. The van der Waals surface area contributed by atoms with Crippen molar-refractivity contribution in [3.05, 3.63) is 54.0 Å². The predicted molar refractivity (Wildman–Crippen MR) is 118 cm³/mol. The third-order valence-electron chi connectivity index (χ3n) is 5.01. The number of piperazine rings is 1. The van der Waals surface area contributed by atoms with E-state index >= 15 is 0 Å². The van der Waals surface area contributed by atoms with E-state index in [1.54, 1.807) is 19.2 Å². The van der Waals surface area contributed by atoms with Gasteiger partial charge in [0, 0.05) is 39.8 Å². The smallest absolute Gasteiger partial charge is 0.289 e. The molecule has 0 atom stereocenters. The van der Waals surface area contributed by atoms with Gasteiger partial charge in [0.15, 0.2) is 11.7 Å². The monoisotopic (exact) mass is 412 g/mol. The van der Waals surface area contributed by atoms with Gasteiger partial charge in [-0.3, -0.25) is 9.79 Å². The van der Waals surface area contributed by atoms with Crippen molar-refractivity contribution >= 4 is 11.9 Å². The van der Waals surface area contributed by atoms with Crippen LogP contribution in [0.25, 0.3) is 0 Å². The molecule has 30 heavy (non-hydrogen) atoms. The maximum atomic E-state index is 12.4. The summed E-state index contributed by atoms with van der Waals surface area (Å²) in [5.41, 5.74) is 1.25. The summed E-state index contributed by atoms with van der Waals surface area (Å²) in [7, 11) is 1.80. The average molecular weight is 413 g/mol. The van der Waals surface area contributed by atoms with Crippen molar-refractivity contribution < 1.29 is 13.9 Å². The van der Waals surface area contributed by atoms with E-state index in [0.717, 1.165) is 44.4 Å². The summed E-state index contributed by atoms with van der Waals surface area (Å²) < 4.78 is 11.0. The first-order valence-electron chi connectivity index (χ1n) is 10.6. The summed E-state index contributed by atoms with van der Waals surface area (Å²) in [4.78, 5) is 20.8. The Labute approximate surface area is 178 Å². The minimum absolute atomic E-state index is 0.0524. The molecule has 1 aromatic heterocycles. The molecular formula is C23H32N4O3. The molecule has 0 spiro atoms. The minimum Gasteiger partial charge on any atom is -0.493 e. The van der Waals surface area contributed by atoms with Crippen LogP contribution in [0.4, 0.5) is 0 Å². The Balaban J connectivity index is 1.41. The van der Waals surface area contributed by atoms with Crippen molar-refractivity contribution in [2.24, 2.45) is 10.9 Å². The van der Waals surface area contributed by atoms with Crippen LogP contribution in [0.3, 0.4) is 0 Å². The number of carbonyl (C=O) groups excluding carboxylic acids is 1. The van der Waals surface area contributed by atoms with E-state index in [9.17, 15) is 4.79 Å². The van der Waals surface area contributed by atoms with Gasteiger partial charge in [0.1, 0.15) is 5.75 Å². The number of nitrogens with one attached hydrogen (secondary N) is 1. The highest BCUT2D eigenvalue weighted by atomic mass is 16.5. The largest absolute Gasteiger partial charge is 0.493 e. The lowest BCUT2D eigenvalue weighted by Crippen LogP contribution is -2.53. The second-order valence-corrected chi connectivity index (χ2v) is 7.83. The highest BCUT2D eigenvalue weighted by molar-refractivity contribution is 5.91. The Morgan fingerprint density at radius 3 is 2.43 bits per heavy atom. The second-order valence-electron chi connectivity index (χ2n) is 7.83. The molecule has 7 nitrogen and oxygen atoms in total. The molecule has 1 fully saturated rings. The molecule has 0 bridgehead atoms. The van der Waals surface area contributed by atoms with Crippen LogP contribution in [0.2, 0.25) is 0 Å². The number of amides is 1. The normalized spacial score (nSPS) is 14.9.